The molecule has 6 heteroatoms. The van der Waals surface area contributed by atoms with Crippen LogP contribution >= 0.6 is 11.6 Å². The van der Waals surface area contributed by atoms with Gasteiger partial charge in [-0.05, 0) is 48.9 Å². The summed E-state index contributed by atoms with van der Waals surface area (Å²) in [6, 6.07) is 20.6. The predicted molar refractivity (Wildman–Crippen MR) is 118 cm³/mol. The molecule has 0 aliphatic heterocycles. The molecule has 3 aromatic carbocycles. The molecule has 0 fully saturated rings. The minimum absolute atomic E-state index is 0.225. The fraction of sp³-hybridized carbons (Fsp3) is 0.167. The van der Waals surface area contributed by atoms with Crippen LogP contribution in [0.4, 0.5) is 5.69 Å². The Morgan fingerprint density at radius 2 is 1.63 bits per heavy atom. The number of hydrogen-bond acceptors (Lipinski definition) is 4. The van der Waals surface area contributed by atoms with Crippen LogP contribution in [-0.4, -0.2) is 24.9 Å². The van der Waals surface area contributed by atoms with Crippen molar-refractivity contribution >= 4 is 29.0 Å². The summed E-state index contributed by atoms with van der Waals surface area (Å²) >= 11 is 6.11. The van der Waals surface area contributed by atoms with Crippen molar-refractivity contribution in [2.75, 3.05) is 12.4 Å². The molecule has 0 saturated carbocycles. The highest BCUT2D eigenvalue weighted by atomic mass is 35.5. The molecule has 0 spiro atoms. The first-order valence-electron chi connectivity index (χ1n) is 9.52. The number of amides is 1. The molecule has 1 amide bonds. The molecule has 1 atom stereocenters. The molecule has 3 rings (SSSR count). The number of anilines is 1. The number of carbonyl (C=O) groups is 2. The van der Waals surface area contributed by atoms with Crippen molar-refractivity contribution in [2.24, 2.45) is 0 Å². The van der Waals surface area contributed by atoms with Gasteiger partial charge in [0.15, 0.2) is 11.9 Å². The molecule has 0 aliphatic carbocycles. The summed E-state index contributed by atoms with van der Waals surface area (Å²) in [4.78, 5) is 25.8. The van der Waals surface area contributed by atoms with Gasteiger partial charge in [0.2, 0.25) is 0 Å². The fourth-order valence-corrected chi connectivity index (χ4v) is 3.08. The largest absolute Gasteiger partial charge is 0.497 e. The molecule has 0 aliphatic rings. The van der Waals surface area contributed by atoms with Gasteiger partial charge in [-0.15, -0.1) is 0 Å². The maximum absolute atomic E-state index is 12.9. The Morgan fingerprint density at radius 3 is 2.27 bits per heavy atom. The smallest absolute Gasteiger partial charge is 0.265 e. The minimum Gasteiger partial charge on any atom is -0.497 e. The molecule has 30 heavy (non-hydrogen) atoms. The summed E-state index contributed by atoms with van der Waals surface area (Å²) < 4.78 is 11.0. The molecular formula is C24H22ClNO4. The molecule has 0 saturated heterocycles. The molecule has 3 aromatic rings. The van der Waals surface area contributed by atoms with E-state index in [1.165, 1.54) is 0 Å². The zero-order valence-electron chi connectivity index (χ0n) is 16.7. The normalized spacial score (nSPS) is 11.4. The van der Waals surface area contributed by atoms with E-state index in [9.17, 15) is 9.59 Å². The summed E-state index contributed by atoms with van der Waals surface area (Å²) in [7, 11) is 1.58. The molecule has 0 heterocycles. The fourth-order valence-electron chi connectivity index (χ4n) is 2.91. The summed E-state index contributed by atoms with van der Waals surface area (Å²) in [6.45, 7) is 1.85. The van der Waals surface area contributed by atoms with Crippen LogP contribution in [0.2, 0.25) is 5.02 Å². The topological polar surface area (TPSA) is 64.6 Å². The number of halogens is 1. The van der Waals surface area contributed by atoms with Crippen LogP contribution in [0, 0.1) is 0 Å². The van der Waals surface area contributed by atoms with Crippen molar-refractivity contribution in [1.29, 1.82) is 0 Å². The number of benzene rings is 3. The molecule has 5 nitrogen and oxygen atoms in total. The number of nitrogens with one attached hydrogen (secondary N) is 1. The van der Waals surface area contributed by atoms with Crippen molar-refractivity contribution in [3.8, 4) is 11.5 Å². The monoisotopic (exact) mass is 423 g/mol. The number of methoxy groups -OCH3 is 1. The Morgan fingerprint density at radius 1 is 0.967 bits per heavy atom. The molecule has 154 valence electrons. The van der Waals surface area contributed by atoms with Crippen LogP contribution in [0.3, 0.4) is 0 Å². The van der Waals surface area contributed by atoms with Crippen molar-refractivity contribution in [3.05, 3.63) is 88.9 Å². The molecule has 0 unspecified atom stereocenters. The SMILES string of the molecule is CC[C@@H](Oc1ccc(OC)cc1)C(=O)Nc1ccc(Cl)cc1C(=O)c1ccccc1. The Balaban J connectivity index is 1.80. The van der Waals surface area contributed by atoms with Crippen molar-refractivity contribution in [3.63, 3.8) is 0 Å². The average Bonchev–Trinajstić information content (AvgIpc) is 2.79. The Labute approximate surface area is 180 Å². The third-order valence-electron chi connectivity index (χ3n) is 4.52. The lowest BCUT2D eigenvalue weighted by atomic mass is 10.0. The van der Waals surface area contributed by atoms with E-state index in [0.717, 1.165) is 0 Å². The highest BCUT2D eigenvalue weighted by Gasteiger charge is 2.22. The zero-order valence-corrected chi connectivity index (χ0v) is 17.5. The number of ketones is 1. The minimum atomic E-state index is -0.728. The van der Waals surface area contributed by atoms with Gasteiger partial charge < -0.3 is 14.8 Å². The van der Waals surface area contributed by atoms with Gasteiger partial charge >= 0.3 is 0 Å². The summed E-state index contributed by atoms with van der Waals surface area (Å²) in [5.74, 6) is 0.676. The molecular weight excluding hydrogens is 402 g/mol. The van der Waals surface area contributed by atoms with Crippen LogP contribution in [0.1, 0.15) is 29.3 Å². The maximum atomic E-state index is 12.9. The van der Waals surface area contributed by atoms with Crippen LogP contribution in [0.25, 0.3) is 0 Å². The predicted octanol–water partition coefficient (Wildman–Crippen LogP) is 5.38. The first kappa shape index (κ1) is 21.4. The van der Waals surface area contributed by atoms with E-state index in [1.54, 1.807) is 73.8 Å². The Hall–Kier alpha value is -3.31. The second-order valence-corrected chi connectivity index (χ2v) is 7.00. The van der Waals surface area contributed by atoms with E-state index in [4.69, 9.17) is 21.1 Å². The molecule has 0 aromatic heterocycles. The quantitative estimate of drug-likeness (QED) is 0.494. The Kier molecular flexibility index (Phi) is 7.09. The lowest BCUT2D eigenvalue weighted by Gasteiger charge is -2.19. The summed E-state index contributed by atoms with van der Waals surface area (Å²) in [5.41, 5.74) is 1.22. The number of hydrogen-bond donors (Lipinski definition) is 1. The zero-order chi connectivity index (χ0) is 21.5. The van der Waals surface area contributed by atoms with E-state index in [0.29, 0.717) is 39.8 Å². The highest BCUT2D eigenvalue weighted by molar-refractivity contribution is 6.31. The van der Waals surface area contributed by atoms with Crippen molar-refractivity contribution in [1.82, 2.24) is 0 Å². The maximum Gasteiger partial charge on any atom is 0.265 e. The van der Waals surface area contributed by atoms with Gasteiger partial charge in [-0.25, -0.2) is 0 Å². The Bertz CT molecular complexity index is 1020. The molecule has 0 radical (unpaired) electrons. The van der Waals surface area contributed by atoms with Gasteiger partial charge in [-0.2, -0.15) is 0 Å². The van der Waals surface area contributed by atoms with E-state index in [1.807, 2.05) is 13.0 Å². The first-order valence-corrected chi connectivity index (χ1v) is 9.90. The van der Waals surface area contributed by atoms with Crippen LogP contribution in [-0.2, 0) is 4.79 Å². The first-order chi connectivity index (χ1) is 14.5. The average molecular weight is 424 g/mol. The standard InChI is InChI=1S/C24H22ClNO4/c1-3-22(30-19-12-10-18(29-2)11-13-19)24(28)26-21-14-9-17(25)15-20(21)23(27)16-7-5-4-6-8-16/h4-15,22H,3H2,1-2H3,(H,26,28)/t22-/m1/s1. The second-order valence-electron chi connectivity index (χ2n) is 6.56. The van der Waals surface area contributed by atoms with Crippen molar-refractivity contribution in [2.45, 2.75) is 19.4 Å². The number of rotatable bonds is 8. The third kappa shape index (κ3) is 5.19. The van der Waals surface area contributed by atoms with E-state index >= 15 is 0 Å². The van der Waals surface area contributed by atoms with E-state index in [-0.39, 0.29) is 11.7 Å². The van der Waals surface area contributed by atoms with Crippen molar-refractivity contribution < 1.29 is 19.1 Å². The third-order valence-corrected chi connectivity index (χ3v) is 4.76. The van der Waals surface area contributed by atoms with Gasteiger partial charge in [0.05, 0.1) is 12.8 Å². The van der Waals surface area contributed by atoms with Gasteiger partial charge in [-0.1, -0.05) is 48.9 Å². The van der Waals surface area contributed by atoms with Gasteiger partial charge in [0.25, 0.3) is 5.91 Å². The van der Waals surface area contributed by atoms with Gasteiger partial charge in [0, 0.05) is 16.1 Å². The van der Waals surface area contributed by atoms with Crippen LogP contribution < -0.4 is 14.8 Å². The summed E-state index contributed by atoms with van der Waals surface area (Å²) in [5, 5.41) is 3.23. The van der Waals surface area contributed by atoms with Gasteiger partial charge in [-0.3, -0.25) is 9.59 Å². The molecule has 1 N–H and O–H groups in total. The van der Waals surface area contributed by atoms with Crippen LogP contribution in [0.5, 0.6) is 11.5 Å². The summed E-state index contributed by atoms with van der Waals surface area (Å²) in [6.07, 6.45) is -0.276. The number of ether oxygens (including phenoxy) is 2. The van der Waals surface area contributed by atoms with Gasteiger partial charge in [0.1, 0.15) is 11.5 Å². The lowest BCUT2D eigenvalue weighted by Crippen LogP contribution is -2.32. The second kappa shape index (κ2) is 9.94. The van der Waals surface area contributed by atoms with E-state index < -0.39 is 6.10 Å². The highest BCUT2D eigenvalue weighted by Crippen LogP contribution is 2.25. The lowest BCUT2D eigenvalue weighted by molar-refractivity contribution is -0.122. The van der Waals surface area contributed by atoms with E-state index in [2.05, 4.69) is 5.32 Å². The number of carbonyl (C=O) groups excluding carboxylic acids is 2. The molecule has 0 bridgehead atoms. The van der Waals surface area contributed by atoms with Crippen LogP contribution in [0.15, 0.2) is 72.8 Å².